The molecule has 0 saturated heterocycles. The van der Waals surface area contributed by atoms with E-state index in [1.54, 1.807) is 0 Å². The molecule has 1 spiro atoms. The van der Waals surface area contributed by atoms with Gasteiger partial charge in [0.2, 0.25) is 0 Å². The Morgan fingerprint density at radius 1 is 1.14 bits per heavy atom. The van der Waals surface area contributed by atoms with Crippen molar-refractivity contribution in [3.63, 3.8) is 0 Å². The lowest BCUT2D eigenvalue weighted by molar-refractivity contribution is 0.543. The fourth-order valence-corrected chi connectivity index (χ4v) is 4.31. The quantitative estimate of drug-likeness (QED) is 0.875. The molecular formula is C17H17N3S. The normalized spacial score (nSPS) is 23.1. The molecule has 0 saturated carbocycles. The fraction of sp³-hybridized carbons (Fsp3) is 0.235. The standard InChI is InChI=1S/C17H17N3S/c1-12-7-9-13(10-8-12)16-18-19-17(21-16)11-20(2)15-6-4-3-5-14(15)17/h3-10,19H,11H2,1-2H3. The maximum absolute atomic E-state index is 4.61. The van der Waals surface area contributed by atoms with Crippen molar-refractivity contribution in [1.82, 2.24) is 5.43 Å². The lowest BCUT2D eigenvalue weighted by Crippen LogP contribution is -2.37. The summed E-state index contributed by atoms with van der Waals surface area (Å²) in [5.41, 5.74) is 8.46. The van der Waals surface area contributed by atoms with Crippen LogP contribution in [0.2, 0.25) is 0 Å². The van der Waals surface area contributed by atoms with Crippen molar-refractivity contribution in [2.24, 2.45) is 5.10 Å². The Morgan fingerprint density at radius 2 is 1.90 bits per heavy atom. The molecule has 1 N–H and O–H groups in total. The number of hydrazone groups is 1. The van der Waals surface area contributed by atoms with Crippen molar-refractivity contribution >= 4 is 22.5 Å². The van der Waals surface area contributed by atoms with Gasteiger partial charge in [-0.15, -0.1) is 0 Å². The molecule has 21 heavy (non-hydrogen) atoms. The minimum atomic E-state index is -0.147. The highest BCUT2D eigenvalue weighted by Gasteiger charge is 2.46. The van der Waals surface area contributed by atoms with Crippen LogP contribution in [-0.2, 0) is 4.87 Å². The second-order valence-corrected chi connectivity index (χ2v) is 6.98. The molecule has 4 heteroatoms. The number of aryl methyl sites for hydroxylation is 1. The highest BCUT2D eigenvalue weighted by Crippen LogP contribution is 2.48. The molecule has 4 rings (SSSR count). The Kier molecular flexibility index (Phi) is 2.76. The van der Waals surface area contributed by atoms with Gasteiger partial charge in [-0.2, -0.15) is 5.10 Å². The lowest BCUT2D eigenvalue weighted by atomic mass is 10.1. The van der Waals surface area contributed by atoms with E-state index >= 15 is 0 Å². The second-order valence-electron chi connectivity index (χ2n) is 5.70. The Labute approximate surface area is 129 Å². The molecule has 2 aliphatic rings. The summed E-state index contributed by atoms with van der Waals surface area (Å²) in [7, 11) is 2.14. The van der Waals surface area contributed by atoms with Crippen LogP contribution in [0.1, 0.15) is 16.7 Å². The lowest BCUT2D eigenvalue weighted by Gasteiger charge is -2.23. The molecule has 2 aliphatic heterocycles. The van der Waals surface area contributed by atoms with Gasteiger partial charge in [0.15, 0.2) is 4.87 Å². The summed E-state index contributed by atoms with van der Waals surface area (Å²) in [6.07, 6.45) is 0. The summed E-state index contributed by atoms with van der Waals surface area (Å²) in [6.45, 7) is 3.03. The monoisotopic (exact) mass is 295 g/mol. The van der Waals surface area contributed by atoms with Gasteiger partial charge < -0.3 is 4.90 Å². The molecule has 0 fully saturated rings. The van der Waals surface area contributed by atoms with Gasteiger partial charge in [-0.25, -0.2) is 0 Å². The van der Waals surface area contributed by atoms with Crippen LogP contribution in [0.5, 0.6) is 0 Å². The van der Waals surface area contributed by atoms with Crippen LogP contribution in [0.15, 0.2) is 53.6 Å². The number of benzene rings is 2. The fourth-order valence-electron chi connectivity index (χ4n) is 3.01. The van der Waals surface area contributed by atoms with Crippen molar-refractivity contribution in [3.05, 3.63) is 65.2 Å². The minimum Gasteiger partial charge on any atom is -0.371 e. The molecule has 2 heterocycles. The number of likely N-dealkylation sites (N-methyl/N-ethyl adjacent to an activating group) is 1. The average molecular weight is 295 g/mol. The van der Waals surface area contributed by atoms with Gasteiger partial charge in [-0.3, -0.25) is 5.43 Å². The van der Waals surface area contributed by atoms with Crippen molar-refractivity contribution in [2.75, 3.05) is 18.5 Å². The van der Waals surface area contributed by atoms with E-state index in [9.17, 15) is 0 Å². The second kappa shape index (κ2) is 4.53. The van der Waals surface area contributed by atoms with Gasteiger partial charge in [0.1, 0.15) is 5.04 Å². The number of thioether (sulfide) groups is 1. The zero-order chi connectivity index (χ0) is 14.4. The van der Waals surface area contributed by atoms with Gasteiger partial charge in [0.25, 0.3) is 0 Å². The first-order chi connectivity index (χ1) is 10.2. The molecule has 0 aliphatic carbocycles. The van der Waals surface area contributed by atoms with Crippen LogP contribution < -0.4 is 10.3 Å². The van der Waals surface area contributed by atoms with E-state index in [2.05, 4.69) is 77.9 Å². The third-order valence-corrected chi connectivity index (χ3v) is 5.43. The number of rotatable bonds is 1. The topological polar surface area (TPSA) is 27.6 Å². The Morgan fingerprint density at radius 3 is 2.71 bits per heavy atom. The van der Waals surface area contributed by atoms with Gasteiger partial charge in [-0.05, 0) is 13.0 Å². The number of hydrogen-bond acceptors (Lipinski definition) is 4. The zero-order valence-corrected chi connectivity index (χ0v) is 12.9. The van der Waals surface area contributed by atoms with Crippen molar-refractivity contribution in [2.45, 2.75) is 11.8 Å². The zero-order valence-electron chi connectivity index (χ0n) is 12.1. The van der Waals surface area contributed by atoms with Crippen LogP contribution >= 0.6 is 11.8 Å². The van der Waals surface area contributed by atoms with Gasteiger partial charge in [-0.1, -0.05) is 59.8 Å². The molecule has 1 unspecified atom stereocenters. The summed E-state index contributed by atoms with van der Waals surface area (Å²) in [4.78, 5) is 2.15. The van der Waals surface area contributed by atoms with E-state index in [0.717, 1.165) is 11.6 Å². The third kappa shape index (κ3) is 1.94. The first-order valence-corrected chi connectivity index (χ1v) is 7.91. The van der Waals surface area contributed by atoms with Crippen LogP contribution in [-0.4, -0.2) is 18.6 Å². The molecular weight excluding hydrogens is 278 g/mol. The summed E-state index contributed by atoms with van der Waals surface area (Å²) >= 11 is 1.82. The Hall–Kier alpha value is -1.94. The molecule has 2 aromatic carbocycles. The minimum absolute atomic E-state index is 0.147. The van der Waals surface area contributed by atoms with Gasteiger partial charge in [0.05, 0.1) is 6.54 Å². The number of fused-ring (bicyclic) bond motifs is 2. The SMILES string of the molecule is Cc1ccc(C2=NNC3(CN(C)c4ccccc43)S2)cc1. The molecule has 1 atom stereocenters. The first-order valence-electron chi connectivity index (χ1n) is 7.09. The highest BCUT2D eigenvalue weighted by molar-refractivity contribution is 8.15. The number of hydrogen-bond donors (Lipinski definition) is 1. The maximum atomic E-state index is 4.61. The van der Waals surface area contributed by atoms with Crippen LogP contribution in [0.25, 0.3) is 0 Å². The molecule has 0 radical (unpaired) electrons. The molecule has 3 nitrogen and oxygen atoms in total. The van der Waals surface area contributed by atoms with E-state index in [1.165, 1.54) is 22.4 Å². The summed E-state index contributed by atoms with van der Waals surface area (Å²) in [5, 5.41) is 5.68. The summed E-state index contributed by atoms with van der Waals surface area (Å²) < 4.78 is 0. The smallest absolute Gasteiger partial charge is 0.150 e. The predicted molar refractivity (Wildman–Crippen MR) is 89.8 cm³/mol. The summed E-state index contributed by atoms with van der Waals surface area (Å²) in [5.74, 6) is 0. The van der Waals surface area contributed by atoms with E-state index in [-0.39, 0.29) is 4.87 Å². The third-order valence-electron chi connectivity index (χ3n) is 4.12. The van der Waals surface area contributed by atoms with Crippen LogP contribution in [0.4, 0.5) is 5.69 Å². The first kappa shape index (κ1) is 12.8. The van der Waals surface area contributed by atoms with Crippen molar-refractivity contribution < 1.29 is 0 Å². The van der Waals surface area contributed by atoms with E-state index in [0.29, 0.717) is 0 Å². The Balaban J connectivity index is 1.68. The van der Waals surface area contributed by atoms with Crippen molar-refractivity contribution in [3.8, 4) is 0 Å². The number of para-hydroxylation sites is 1. The van der Waals surface area contributed by atoms with E-state index in [4.69, 9.17) is 0 Å². The number of nitrogens with zero attached hydrogens (tertiary/aromatic N) is 2. The van der Waals surface area contributed by atoms with Gasteiger partial charge in [0, 0.05) is 23.9 Å². The van der Waals surface area contributed by atoms with E-state index < -0.39 is 0 Å². The molecule has 106 valence electrons. The largest absolute Gasteiger partial charge is 0.371 e. The highest BCUT2D eigenvalue weighted by atomic mass is 32.2. The predicted octanol–water partition coefficient (Wildman–Crippen LogP) is 3.30. The van der Waals surface area contributed by atoms with Crippen molar-refractivity contribution in [1.29, 1.82) is 0 Å². The Bertz CT molecular complexity index is 723. The molecule has 2 aromatic rings. The number of anilines is 1. The van der Waals surface area contributed by atoms with Gasteiger partial charge >= 0.3 is 0 Å². The van der Waals surface area contributed by atoms with E-state index in [1.807, 2.05) is 11.8 Å². The average Bonchev–Trinajstić information content (AvgIpc) is 3.04. The van der Waals surface area contributed by atoms with Crippen LogP contribution in [0.3, 0.4) is 0 Å². The maximum Gasteiger partial charge on any atom is 0.150 e. The molecule has 0 aromatic heterocycles. The van der Waals surface area contributed by atoms with Crippen LogP contribution in [0, 0.1) is 6.92 Å². The summed E-state index contributed by atoms with van der Waals surface area (Å²) in [6, 6.07) is 17.1. The molecule has 0 bridgehead atoms. The number of nitrogens with one attached hydrogen (secondary N) is 1. The molecule has 0 amide bonds.